The van der Waals surface area contributed by atoms with Crippen LogP contribution in [0.1, 0.15) is 29.5 Å². The van der Waals surface area contributed by atoms with Crippen molar-refractivity contribution in [2.75, 3.05) is 0 Å². The molecule has 0 saturated carbocycles. The molecule has 0 aromatic heterocycles. The second-order valence-electron chi connectivity index (χ2n) is 8.04. The fourth-order valence-electron chi connectivity index (χ4n) is 4.11. The molecule has 4 heteroatoms. The van der Waals surface area contributed by atoms with Gasteiger partial charge in [0.05, 0.1) is 0 Å². The van der Waals surface area contributed by atoms with Gasteiger partial charge in [-0.1, -0.05) is 0 Å². The fourth-order valence-corrected chi connectivity index (χ4v) is 16.7. The van der Waals surface area contributed by atoms with Crippen LogP contribution >= 0.6 is 17.0 Å². The summed E-state index contributed by atoms with van der Waals surface area (Å²) in [5, 5.41) is 1.52. The maximum absolute atomic E-state index is 7.31. The van der Waals surface area contributed by atoms with Gasteiger partial charge in [-0.15, -0.1) is 0 Å². The van der Waals surface area contributed by atoms with E-state index in [1.807, 2.05) is 0 Å². The van der Waals surface area contributed by atoms with Crippen LogP contribution in [0, 0.1) is 0 Å². The number of allylic oxidation sites excluding steroid dienone is 2. The summed E-state index contributed by atoms with van der Waals surface area (Å²) < 4.78 is 0.431. The van der Waals surface area contributed by atoms with E-state index in [0.717, 1.165) is 0 Å². The zero-order valence-corrected chi connectivity index (χ0v) is 19.7. The van der Waals surface area contributed by atoms with E-state index in [2.05, 4.69) is 86.4 Å². The molecular formula is C21H22Cl2SiZr. The first-order valence-electron chi connectivity index (χ1n) is 8.76. The number of halogens is 2. The van der Waals surface area contributed by atoms with Crippen molar-refractivity contribution in [2.24, 2.45) is 0 Å². The van der Waals surface area contributed by atoms with E-state index < -0.39 is 26.0 Å². The molecule has 2 unspecified atom stereocenters. The van der Waals surface area contributed by atoms with Crippen molar-refractivity contribution in [1.82, 2.24) is 0 Å². The van der Waals surface area contributed by atoms with Crippen molar-refractivity contribution < 1.29 is 17.9 Å². The first-order chi connectivity index (χ1) is 11.8. The van der Waals surface area contributed by atoms with Gasteiger partial charge < -0.3 is 0 Å². The van der Waals surface area contributed by atoms with Crippen molar-refractivity contribution in [2.45, 2.75) is 26.9 Å². The summed E-state index contributed by atoms with van der Waals surface area (Å²) in [6, 6.07) is 17.3. The quantitative estimate of drug-likeness (QED) is 0.420. The molecule has 2 aliphatic carbocycles. The molecule has 0 amide bonds. The van der Waals surface area contributed by atoms with Crippen LogP contribution in [0.4, 0.5) is 0 Å². The topological polar surface area (TPSA) is 0 Å². The first-order valence-corrected chi connectivity index (χ1v) is 21.4. The summed E-state index contributed by atoms with van der Waals surface area (Å²) in [5.41, 5.74) is 5.34. The molecule has 0 aliphatic heterocycles. The predicted octanol–water partition coefficient (Wildman–Crippen LogP) is 7.23. The van der Waals surface area contributed by atoms with Crippen LogP contribution in [-0.4, -0.2) is 8.07 Å². The van der Waals surface area contributed by atoms with Gasteiger partial charge in [0.25, 0.3) is 0 Å². The van der Waals surface area contributed by atoms with Gasteiger partial charge in [0.15, 0.2) is 0 Å². The standard InChI is InChI=1S/C12H15Si.C9H7.2ClH.Zr/c1-13(2,3)12-9-8-10-6-4-5-7-11(10)12;1-2-5-9-7-3-6-8(9)4-1;;;/h4-9H,1-3H3;1-7H;2*1H;/q;;;;+2/p-2. The number of fused-ring (bicyclic) bond motifs is 2. The van der Waals surface area contributed by atoms with Gasteiger partial charge in [0, 0.05) is 0 Å². The molecule has 2 aromatic rings. The third kappa shape index (κ3) is 3.00. The van der Waals surface area contributed by atoms with Crippen molar-refractivity contribution in [3.8, 4) is 0 Å². The van der Waals surface area contributed by atoms with Crippen LogP contribution in [0.2, 0.25) is 19.6 Å². The second kappa shape index (κ2) is 6.34. The monoisotopic (exact) mass is 462 g/mol. The van der Waals surface area contributed by atoms with Crippen LogP contribution in [0.25, 0.3) is 11.3 Å². The van der Waals surface area contributed by atoms with E-state index in [1.165, 1.54) is 27.5 Å². The van der Waals surface area contributed by atoms with Crippen molar-refractivity contribution in [1.29, 1.82) is 0 Å². The van der Waals surface area contributed by atoms with Gasteiger partial charge in [-0.25, -0.2) is 0 Å². The molecular weight excluding hydrogens is 442 g/mol. The number of hydrogen-bond donors (Lipinski definition) is 0. The molecule has 0 bridgehead atoms. The van der Waals surface area contributed by atoms with Crippen molar-refractivity contribution in [3.05, 3.63) is 82.9 Å². The molecule has 25 heavy (non-hydrogen) atoms. The van der Waals surface area contributed by atoms with E-state index in [-0.39, 0.29) is 7.25 Å². The summed E-state index contributed by atoms with van der Waals surface area (Å²) >= 11 is -3.56. The number of rotatable bonds is 3. The Morgan fingerprint density at radius 2 is 1.48 bits per heavy atom. The fraction of sp³-hybridized carbons (Fsp3) is 0.238. The average Bonchev–Trinajstić information content (AvgIpc) is 3.17. The normalized spacial score (nSPS) is 21.9. The van der Waals surface area contributed by atoms with Crippen LogP contribution in [0.3, 0.4) is 0 Å². The Bertz CT molecular complexity index is 893. The Balaban J connectivity index is 1.82. The summed E-state index contributed by atoms with van der Waals surface area (Å²) in [6.07, 6.45) is 6.89. The Labute approximate surface area is 163 Å². The van der Waals surface area contributed by atoms with Gasteiger partial charge in [-0.3, -0.25) is 0 Å². The zero-order chi connectivity index (χ0) is 17.8. The summed E-state index contributed by atoms with van der Waals surface area (Å²) in [5.74, 6) is 0. The van der Waals surface area contributed by atoms with E-state index >= 15 is 0 Å². The third-order valence-corrected chi connectivity index (χ3v) is 19.5. The van der Waals surface area contributed by atoms with Crippen molar-refractivity contribution >= 4 is 36.4 Å². The average molecular weight is 465 g/mol. The van der Waals surface area contributed by atoms with Gasteiger partial charge in [0.1, 0.15) is 0 Å². The minimum atomic E-state index is -3.56. The summed E-state index contributed by atoms with van der Waals surface area (Å²) in [4.78, 5) is 0. The molecule has 0 radical (unpaired) electrons. The van der Waals surface area contributed by atoms with Crippen LogP contribution < -0.4 is 0 Å². The van der Waals surface area contributed by atoms with Gasteiger partial charge in [-0.05, 0) is 0 Å². The summed E-state index contributed by atoms with van der Waals surface area (Å²) in [7, 11) is 13.2. The van der Waals surface area contributed by atoms with Crippen LogP contribution in [-0.2, 0) is 17.9 Å². The SMILES string of the molecule is C[Si](C)(C)C1=C[CH]([Zr]([Cl])([Cl])[CH]2C=Cc3ccccc32)c2ccccc21. The minimum absolute atomic E-state index is 0.212. The molecule has 2 aromatic carbocycles. The van der Waals surface area contributed by atoms with E-state index in [4.69, 9.17) is 17.0 Å². The Morgan fingerprint density at radius 3 is 2.20 bits per heavy atom. The van der Waals surface area contributed by atoms with Crippen LogP contribution in [0.5, 0.6) is 0 Å². The molecule has 0 spiro atoms. The maximum atomic E-state index is 7.31. The molecule has 0 N–H and O–H groups in total. The Morgan fingerprint density at radius 1 is 0.840 bits per heavy atom. The number of benzene rings is 2. The molecule has 2 aliphatic rings. The molecule has 128 valence electrons. The van der Waals surface area contributed by atoms with Crippen molar-refractivity contribution in [3.63, 3.8) is 0 Å². The third-order valence-electron chi connectivity index (χ3n) is 5.36. The van der Waals surface area contributed by atoms with E-state index in [9.17, 15) is 0 Å². The molecule has 0 saturated heterocycles. The molecule has 0 nitrogen and oxygen atoms in total. The van der Waals surface area contributed by atoms with Gasteiger partial charge in [-0.2, -0.15) is 0 Å². The second-order valence-corrected chi connectivity index (χ2v) is 28.0. The zero-order valence-electron chi connectivity index (χ0n) is 14.8. The van der Waals surface area contributed by atoms with E-state index in [0.29, 0.717) is 0 Å². The van der Waals surface area contributed by atoms with E-state index in [1.54, 1.807) is 0 Å². The van der Waals surface area contributed by atoms with Crippen LogP contribution in [0.15, 0.2) is 60.7 Å². The summed E-state index contributed by atoms with van der Waals surface area (Å²) in [6.45, 7) is 7.22. The first kappa shape index (κ1) is 18.0. The number of hydrogen-bond acceptors (Lipinski definition) is 0. The van der Waals surface area contributed by atoms with Gasteiger partial charge >= 0.3 is 164 Å². The molecule has 0 heterocycles. The Kier molecular flexibility index (Phi) is 4.56. The Hall–Kier alpha value is -0.400. The molecule has 0 fully saturated rings. The predicted molar refractivity (Wildman–Crippen MR) is 110 cm³/mol. The van der Waals surface area contributed by atoms with Gasteiger partial charge in [0.2, 0.25) is 0 Å². The molecule has 4 rings (SSSR count). The molecule has 2 atom stereocenters.